The first-order chi connectivity index (χ1) is 8.27. The standard InChI is InChI=1S/C15H24BrN/c1-3-4-8-11-17(2)13-15(12-16)14-9-6-5-7-10-14/h5-7,9-10,15H,3-4,8,11-13H2,1-2H3. The third-order valence-electron chi connectivity index (χ3n) is 3.13. The molecule has 0 radical (unpaired) electrons. The second-order valence-electron chi connectivity index (χ2n) is 4.73. The van der Waals surface area contributed by atoms with Gasteiger partial charge in [-0.3, -0.25) is 0 Å². The van der Waals surface area contributed by atoms with Gasteiger partial charge in [0.15, 0.2) is 0 Å². The van der Waals surface area contributed by atoms with Gasteiger partial charge in [0.05, 0.1) is 0 Å². The van der Waals surface area contributed by atoms with E-state index in [4.69, 9.17) is 0 Å². The molecule has 0 fully saturated rings. The molecule has 0 saturated carbocycles. The van der Waals surface area contributed by atoms with Crippen molar-refractivity contribution in [2.75, 3.05) is 25.5 Å². The van der Waals surface area contributed by atoms with Crippen LogP contribution in [0.4, 0.5) is 0 Å². The van der Waals surface area contributed by atoms with Crippen molar-refractivity contribution in [2.45, 2.75) is 32.1 Å². The Kier molecular flexibility index (Phi) is 7.54. The van der Waals surface area contributed by atoms with Gasteiger partial charge in [0.2, 0.25) is 0 Å². The summed E-state index contributed by atoms with van der Waals surface area (Å²) in [5.74, 6) is 0.600. The van der Waals surface area contributed by atoms with E-state index < -0.39 is 0 Å². The number of hydrogen-bond acceptors (Lipinski definition) is 1. The van der Waals surface area contributed by atoms with Crippen LogP contribution in [0.3, 0.4) is 0 Å². The maximum Gasteiger partial charge on any atom is 0.0112 e. The number of nitrogens with zero attached hydrogens (tertiary/aromatic N) is 1. The summed E-state index contributed by atoms with van der Waals surface area (Å²) < 4.78 is 0. The molecule has 0 amide bonds. The zero-order valence-electron chi connectivity index (χ0n) is 11.0. The highest BCUT2D eigenvalue weighted by Gasteiger charge is 2.12. The first kappa shape index (κ1) is 14.7. The molecule has 1 aromatic carbocycles. The third-order valence-corrected chi connectivity index (χ3v) is 3.91. The van der Waals surface area contributed by atoms with E-state index in [0.717, 1.165) is 11.9 Å². The molecule has 96 valence electrons. The summed E-state index contributed by atoms with van der Waals surface area (Å²) in [6.07, 6.45) is 3.96. The summed E-state index contributed by atoms with van der Waals surface area (Å²) in [5, 5.41) is 1.04. The van der Waals surface area contributed by atoms with Crippen molar-refractivity contribution in [3.63, 3.8) is 0 Å². The van der Waals surface area contributed by atoms with Crippen molar-refractivity contribution in [1.29, 1.82) is 0 Å². The smallest absolute Gasteiger partial charge is 0.0112 e. The van der Waals surface area contributed by atoms with Crippen LogP contribution < -0.4 is 0 Å². The molecule has 17 heavy (non-hydrogen) atoms. The second kappa shape index (κ2) is 8.71. The first-order valence-corrected chi connectivity index (χ1v) is 7.69. The van der Waals surface area contributed by atoms with E-state index in [1.54, 1.807) is 0 Å². The first-order valence-electron chi connectivity index (χ1n) is 6.57. The minimum Gasteiger partial charge on any atom is -0.306 e. The van der Waals surface area contributed by atoms with Gasteiger partial charge in [-0.2, -0.15) is 0 Å². The van der Waals surface area contributed by atoms with Crippen molar-refractivity contribution in [2.24, 2.45) is 0 Å². The molecular formula is C15H24BrN. The number of unbranched alkanes of at least 4 members (excludes halogenated alkanes) is 2. The van der Waals surface area contributed by atoms with E-state index in [2.05, 4.69) is 65.1 Å². The minimum absolute atomic E-state index is 0.600. The van der Waals surface area contributed by atoms with Gasteiger partial charge in [0, 0.05) is 17.8 Å². The summed E-state index contributed by atoms with van der Waals surface area (Å²) >= 11 is 3.64. The molecule has 0 heterocycles. The van der Waals surface area contributed by atoms with Crippen LogP contribution in [0.2, 0.25) is 0 Å². The predicted octanol–water partition coefficient (Wildman–Crippen LogP) is 4.29. The molecule has 0 bridgehead atoms. The number of hydrogen-bond donors (Lipinski definition) is 0. The average molecular weight is 298 g/mol. The molecule has 0 saturated heterocycles. The number of halogens is 1. The topological polar surface area (TPSA) is 3.24 Å². The molecule has 2 heteroatoms. The van der Waals surface area contributed by atoms with Crippen molar-refractivity contribution < 1.29 is 0 Å². The molecule has 1 unspecified atom stereocenters. The van der Waals surface area contributed by atoms with Crippen molar-refractivity contribution >= 4 is 15.9 Å². The molecule has 1 atom stereocenters. The van der Waals surface area contributed by atoms with Crippen LogP contribution in [0.25, 0.3) is 0 Å². The van der Waals surface area contributed by atoms with Gasteiger partial charge in [-0.15, -0.1) is 0 Å². The van der Waals surface area contributed by atoms with E-state index in [9.17, 15) is 0 Å². The van der Waals surface area contributed by atoms with Crippen molar-refractivity contribution in [3.05, 3.63) is 35.9 Å². The molecule has 1 nitrogen and oxygen atoms in total. The van der Waals surface area contributed by atoms with E-state index in [-0.39, 0.29) is 0 Å². The Hall–Kier alpha value is -0.340. The fourth-order valence-electron chi connectivity index (χ4n) is 2.07. The normalized spacial score (nSPS) is 12.9. The summed E-state index contributed by atoms with van der Waals surface area (Å²) in [6.45, 7) is 4.61. The van der Waals surface area contributed by atoms with E-state index in [0.29, 0.717) is 5.92 Å². The van der Waals surface area contributed by atoms with Crippen molar-refractivity contribution in [3.8, 4) is 0 Å². The predicted molar refractivity (Wildman–Crippen MR) is 80.0 cm³/mol. The van der Waals surface area contributed by atoms with Crippen LogP contribution in [0.1, 0.15) is 37.7 Å². The zero-order chi connectivity index (χ0) is 12.5. The largest absolute Gasteiger partial charge is 0.306 e. The molecule has 0 N–H and O–H groups in total. The summed E-state index contributed by atoms with van der Waals surface area (Å²) in [6, 6.07) is 10.8. The van der Waals surface area contributed by atoms with Crippen LogP contribution in [0, 0.1) is 0 Å². The van der Waals surface area contributed by atoms with E-state index in [1.807, 2.05) is 0 Å². The Morgan fingerprint density at radius 3 is 2.47 bits per heavy atom. The lowest BCUT2D eigenvalue weighted by Gasteiger charge is -2.23. The zero-order valence-corrected chi connectivity index (χ0v) is 12.6. The monoisotopic (exact) mass is 297 g/mol. The summed E-state index contributed by atoms with van der Waals surface area (Å²) in [4.78, 5) is 2.45. The maximum absolute atomic E-state index is 3.64. The van der Waals surface area contributed by atoms with Gasteiger partial charge in [-0.1, -0.05) is 66.0 Å². The molecule has 0 aliphatic rings. The van der Waals surface area contributed by atoms with Crippen LogP contribution in [0.5, 0.6) is 0 Å². The highest BCUT2D eigenvalue weighted by molar-refractivity contribution is 9.09. The van der Waals surface area contributed by atoms with Crippen LogP contribution in [-0.4, -0.2) is 30.4 Å². The number of benzene rings is 1. The lowest BCUT2D eigenvalue weighted by atomic mass is 10.0. The van der Waals surface area contributed by atoms with Gasteiger partial charge < -0.3 is 4.90 Å². The van der Waals surface area contributed by atoms with Gasteiger partial charge >= 0.3 is 0 Å². The third kappa shape index (κ3) is 5.69. The molecule has 0 aromatic heterocycles. The maximum atomic E-state index is 3.64. The van der Waals surface area contributed by atoms with Gasteiger partial charge in [0.25, 0.3) is 0 Å². The minimum atomic E-state index is 0.600. The highest BCUT2D eigenvalue weighted by atomic mass is 79.9. The summed E-state index contributed by atoms with van der Waals surface area (Å²) in [5.41, 5.74) is 1.44. The van der Waals surface area contributed by atoms with Crippen molar-refractivity contribution in [1.82, 2.24) is 4.90 Å². The quantitative estimate of drug-likeness (QED) is 0.511. The van der Waals surface area contributed by atoms with Gasteiger partial charge in [-0.25, -0.2) is 0 Å². The second-order valence-corrected chi connectivity index (χ2v) is 5.38. The fourth-order valence-corrected chi connectivity index (χ4v) is 2.65. The van der Waals surface area contributed by atoms with E-state index >= 15 is 0 Å². The Morgan fingerprint density at radius 2 is 1.88 bits per heavy atom. The molecular weight excluding hydrogens is 274 g/mol. The summed E-state index contributed by atoms with van der Waals surface area (Å²) in [7, 11) is 2.23. The Balaban J connectivity index is 2.41. The molecule has 0 spiro atoms. The Labute approximate surface area is 114 Å². The number of likely N-dealkylation sites (N-methyl/N-ethyl adjacent to an activating group) is 1. The lowest BCUT2D eigenvalue weighted by molar-refractivity contribution is 0.311. The van der Waals surface area contributed by atoms with Gasteiger partial charge in [-0.05, 0) is 25.6 Å². The highest BCUT2D eigenvalue weighted by Crippen LogP contribution is 2.19. The van der Waals surface area contributed by atoms with E-state index in [1.165, 1.54) is 31.4 Å². The van der Waals surface area contributed by atoms with Crippen LogP contribution in [-0.2, 0) is 0 Å². The lowest BCUT2D eigenvalue weighted by Crippen LogP contribution is -2.26. The Morgan fingerprint density at radius 1 is 1.18 bits per heavy atom. The fraction of sp³-hybridized carbons (Fsp3) is 0.600. The average Bonchev–Trinajstić information content (AvgIpc) is 2.37. The molecule has 1 rings (SSSR count). The van der Waals surface area contributed by atoms with Crippen LogP contribution in [0.15, 0.2) is 30.3 Å². The SMILES string of the molecule is CCCCCN(C)CC(CBr)c1ccccc1. The number of rotatable bonds is 8. The van der Waals surface area contributed by atoms with Gasteiger partial charge in [0.1, 0.15) is 0 Å². The number of alkyl halides is 1. The molecule has 1 aromatic rings. The molecule has 0 aliphatic carbocycles. The van der Waals surface area contributed by atoms with Crippen LogP contribution >= 0.6 is 15.9 Å². The molecule has 0 aliphatic heterocycles. The Bertz CT molecular complexity index is 286.